The summed E-state index contributed by atoms with van der Waals surface area (Å²) in [4.78, 5) is 19.2. The van der Waals surface area contributed by atoms with E-state index in [1.807, 2.05) is 13.8 Å². The molecule has 0 atom stereocenters. The summed E-state index contributed by atoms with van der Waals surface area (Å²) in [6, 6.07) is 0. The van der Waals surface area contributed by atoms with Crippen molar-refractivity contribution < 1.29 is 30.0 Å². The molecule has 0 saturated carbocycles. The summed E-state index contributed by atoms with van der Waals surface area (Å²) in [7, 11) is 0. The van der Waals surface area contributed by atoms with Crippen molar-refractivity contribution in [1.29, 1.82) is 0 Å². The monoisotopic (exact) mass is 304 g/mol. The minimum absolute atomic E-state index is 0.0807. The third-order valence-corrected chi connectivity index (χ3v) is 2.35. The molecule has 21 heavy (non-hydrogen) atoms. The molecule has 0 aliphatic rings. The molecule has 0 aromatic rings. The van der Waals surface area contributed by atoms with Gasteiger partial charge in [0, 0.05) is 16.6 Å². The second-order valence-electron chi connectivity index (χ2n) is 5.05. The number of hydrogen-bond donors (Lipinski definition) is 4. The molecule has 0 aromatic carbocycles. The average molecular weight is 304 g/mol. The summed E-state index contributed by atoms with van der Waals surface area (Å²) in [6.07, 6.45) is 1.90. The fraction of sp³-hybridized carbons (Fsp3) is 0.600. The predicted octanol–water partition coefficient (Wildman–Crippen LogP) is 2.07. The van der Waals surface area contributed by atoms with Crippen LogP contribution in [0.15, 0.2) is 24.3 Å². The fourth-order valence-corrected chi connectivity index (χ4v) is 0.812. The molecule has 0 spiro atoms. The van der Waals surface area contributed by atoms with E-state index in [0.29, 0.717) is 0 Å². The molecule has 0 bridgehead atoms. The molecule has 0 unspecified atom stereocenters. The van der Waals surface area contributed by atoms with Crippen LogP contribution in [0.1, 0.15) is 40.5 Å². The largest absolute Gasteiger partial charge is 0.478 e. The van der Waals surface area contributed by atoms with E-state index in [1.165, 1.54) is 13.8 Å². The van der Waals surface area contributed by atoms with Crippen molar-refractivity contribution in [2.24, 2.45) is 5.41 Å². The summed E-state index contributed by atoms with van der Waals surface area (Å²) < 4.78 is 0. The zero-order chi connectivity index (χ0) is 17.6. The lowest BCUT2D eigenvalue weighted by atomic mass is 9.88. The van der Waals surface area contributed by atoms with E-state index in [9.17, 15) is 9.59 Å². The number of carboxylic acids is 2. The highest BCUT2D eigenvalue weighted by atomic mass is 16.4. The van der Waals surface area contributed by atoms with E-state index in [2.05, 4.69) is 13.2 Å². The van der Waals surface area contributed by atoms with E-state index in [4.69, 9.17) is 20.4 Å². The van der Waals surface area contributed by atoms with Crippen LogP contribution in [0.25, 0.3) is 0 Å². The minimum Gasteiger partial charge on any atom is -0.478 e. The first-order valence-corrected chi connectivity index (χ1v) is 6.46. The Morgan fingerprint density at radius 3 is 1.24 bits per heavy atom. The zero-order valence-electron chi connectivity index (χ0n) is 13.3. The minimum atomic E-state index is -0.935. The Morgan fingerprint density at radius 1 is 0.952 bits per heavy atom. The summed E-state index contributed by atoms with van der Waals surface area (Å²) in [5.41, 5.74) is 0.0966. The third-order valence-electron chi connectivity index (χ3n) is 2.35. The molecule has 0 fully saturated rings. The van der Waals surface area contributed by atoms with E-state index in [-0.39, 0.29) is 29.8 Å². The van der Waals surface area contributed by atoms with Crippen LogP contribution in [0.2, 0.25) is 0 Å². The van der Waals surface area contributed by atoms with Gasteiger partial charge in [0.25, 0.3) is 0 Å². The molecular weight excluding hydrogens is 276 g/mol. The van der Waals surface area contributed by atoms with Gasteiger partial charge in [0.05, 0.1) is 13.2 Å². The van der Waals surface area contributed by atoms with Crippen LogP contribution < -0.4 is 0 Å². The van der Waals surface area contributed by atoms with E-state index < -0.39 is 11.9 Å². The van der Waals surface area contributed by atoms with Crippen LogP contribution in [-0.2, 0) is 9.59 Å². The number of aliphatic carboxylic acids is 2. The first-order valence-electron chi connectivity index (χ1n) is 6.46. The Bertz CT molecular complexity index is 294. The number of aliphatic hydroxyl groups excluding tert-OH is 2. The molecule has 0 saturated heterocycles. The maximum absolute atomic E-state index is 9.60. The molecule has 0 aliphatic heterocycles. The van der Waals surface area contributed by atoms with Gasteiger partial charge < -0.3 is 20.4 Å². The number of hydrogen-bond acceptors (Lipinski definition) is 4. The van der Waals surface area contributed by atoms with Crippen molar-refractivity contribution in [2.45, 2.75) is 40.5 Å². The van der Waals surface area contributed by atoms with E-state index in [0.717, 1.165) is 12.8 Å². The molecular formula is C15H28O6. The van der Waals surface area contributed by atoms with Crippen molar-refractivity contribution in [3.05, 3.63) is 24.3 Å². The lowest BCUT2D eigenvalue weighted by Crippen LogP contribution is -2.25. The maximum Gasteiger partial charge on any atom is 0.330 e. The molecule has 0 aliphatic carbocycles. The normalized spacial score (nSPS) is 9.43. The molecule has 0 heterocycles. The summed E-state index contributed by atoms with van der Waals surface area (Å²) in [6.45, 7) is 13.3. The Balaban J connectivity index is -0.000000240. The molecule has 0 amide bonds. The van der Waals surface area contributed by atoms with Crippen LogP contribution in [0.3, 0.4) is 0 Å². The van der Waals surface area contributed by atoms with Gasteiger partial charge in [0.1, 0.15) is 0 Å². The highest BCUT2D eigenvalue weighted by Gasteiger charge is 2.20. The van der Waals surface area contributed by atoms with Gasteiger partial charge in [-0.3, -0.25) is 0 Å². The molecule has 0 radical (unpaired) electrons. The highest BCUT2D eigenvalue weighted by Crippen LogP contribution is 2.20. The van der Waals surface area contributed by atoms with Crippen molar-refractivity contribution in [2.75, 3.05) is 13.2 Å². The van der Waals surface area contributed by atoms with E-state index >= 15 is 0 Å². The van der Waals surface area contributed by atoms with Gasteiger partial charge >= 0.3 is 11.9 Å². The standard InChI is InChI=1S/C7H16O2.2C4H6O2/c1-3-4-7(2,5-8)6-9;2*1-3(2)4(5)6/h8-9H,3-6H2,1-2H3;2*1H2,2H3,(H,5,6). The van der Waals surface area contributed by atoms with Crippen molar-refractivity contribution in [3.63, 3.8) is 0 Å². The number of carboxylic acid groups (broad SMARTS) is 2. The van der Waals surface area contributed by atoms with Crippen molar-refractivity contribution >= 4 is 11.9 Å². The number of aliphatic hydroxyl groups is 2. The van der Waals surface area contributed by atoms with Crippen LogP contribution in [0.4, 0.5) is 0 Å². The SMILES string of the molecule is C=C(C)C(=O)O.C=C(C)C(=O)O.CCCC(C)(CO)CO. The molecule has 0 rings (SSSR count). The van der Waals surface area contributed by atoms with Crippen LogP contribution in [-0.4, -0.2) is 45.6 Å². The van der Waals surface area contributed by atoms with Gasteiger partial charge in [-0.1, -0.05) is 33.4 Å². The van der Waals surface area contributed by atoms with Gasteiger partial charge in [0.15, 0.2) is 0 Å². The summed E-state index contributed by atoms with van der Waals surface area (Å²) >= 11 is 0. The Hall–Kier alpha value is -1.66. The lowest BCUT2D eigenvalue weighted by molar-refractivity contribution is -0.133. The third kappa shape index (κ3) is 18.3. The Labute approximate surface area is 126 Å². The van der Waals surface area contributed by atoms with Gasteiger partial charge in [-0.2, -0.15) is 0 Å². The van der Waals surface area contributed by atoms with Crippen molar-refractivity contribution in [3.8, 4) is 0 Å². The topological polar surface area (TPSA) is 115 Å². The van der Waals surface area contributed by atoms with Gasteiger partial charge in [-0.15, -0.1) is 0 Å². The number of rotatable bonds is 6. The van der Waals surface area contributed by atoms with Crippen LogP contribution in [0.5, 0.6) is 0 Å². The van der Waals surface area contributed by atoms with Gasteiger partial charge in [-0.05, 0) is 20.3 Å². The molecule has 0 aromatic heterocycles. The first kappa shape index (κ1) is 24.4. The van der Waals surface area contributed by atoms with Crippen LogP contribution in [0, 0.1) is 5.41 Å². The lowest BCUT2D eigenvalue weighted by Gasteiger charge is -2.23. The van der Waals surface area contributed by atoms with E-state index in [1.54, 1.807) is 0 Å². The Morgan fingerprint density at radius 2 is 1.19 bits per heavy atom. The average Bonchev–Trinajstić information content (AvgIpc) is 2.40. The second kappa shape index (κ2) is 13.3. The quantitative estimate of drug-likeness (QED) is 0.558. The predicted molar refractivity (Wildman–Crippen MR) is 82.1 cm³/mol. The summed E-state index contributed by atoms with van der Waals surface area (Å²) in [5, 5.41) is 33.3. The first-order chi connectivity index (χ1) is 9.47. The fourth-order valence-electron chi connectivity index (χ4n) is 0.812. The molecule has 124 valence electrons. The van der Waals surface area contributed by atoms with Crippen LogP contribution >= 0.6 is 0 Å². The van der Waals surface area contributed by atoms with Gasteiger partial charge in [0.2, 0.25) is 0 Å². The number of carbonyl (C=O) groups is 2. The maximum atomic E-state index is 9.60. The smallest absolute Gasteiger partial charge is 0.330 e. The zero-order valence-corrected chi connectivity index (χ0v) is 13.3. The highest BCUT2D eigenvalue weighted by molar-refractivity contribution is 5.85. The van der Waals surface area contributed by atoms with Crippen molar-refractivity contribution in [1.82, 2.24) is 0 Å². The molecule has 6 heteroatoms. The molecule has 6 nitrogen and oxygen atoms in total. The Kier molecular flexibility index (Phi) is 15.5. The van der Waals surface area contributed by atoms with Gasteiger partial charge in [-0.25, -0.2) is 9.59 Å². The molecule has 4 N–H and O–H groups in total. The summed E-state index contributed by atoms with van der Waals surface area (Å²) in [5.74, 6) is -1.87. The second-order valence-corrected chi connectivity index (χ2v) is 5.05.